The molecule has 0 bridgehead atoms. The summed E-state index contributed by atoms with van der Waals surface area (Å²) < 4.78 is 7.03. The topological polar surface area (TPSA) is 84.5 Å². The average Bonchev–Trinajstić information content (AvgIpc) is 3.49. The molecule has 0 radical (unpaired) electrons. The van der Waals surface area contributed by atoms with Gasteiger partial charge in [-0.05, 0) is 25.0 Å². The van der Waals surface area contributed by atoms with Crippen molar-refractivity contribution in [3.8, 4) is 0 Å². The first-order valence-electron chi connectivity index (χ1n) is 10.0. The Morgan fingerprint density at radius 1 is 1.29 bits per heavy atom. The Labute approximate surface area is 188 Å². The van der Waals surface area contributed by atoms with Gasteiger partial charge < -0.3 is 9.42 Å². The number of hydrogen-bond acceptors (Lipinski definition) is 7. The van der Waals surface area contributed by atoms with E-state index < -0.39 is 11.8 Å². The number of carbonyl (C=O) groups excluding carboxylic acids is 2. The van der Waals surface area contributed by atoms with Crippen LogP contribution in [-0.4, -0.2) is 51.2 Å². The summed E-state index contributed by atoms with van der Waals surface area (Å²) in [6.07, 6.45) is 4.05. The zero-order valence-electron chi connectivity index (χ0n) is 17.5. The monoisotopic (exact) mass is 485 g/mol. The number of ketones is 1. The van der Waals surface area contributed by atoms with Gasteiger partial charge in [-0.25, -0.2) is 0 Å². The first kappa shape index (κ1) is 21.5. The highest BCUT2D eigenvalue weighted by atomic mass is 79.9. The quantitative estimate of drug-likeness (QED) is 0.275. The Hall–Kier alpha value is -2.78. The minimum absolute atomic E-state index is 0.418. The van der Waals surface area contributed by atoms with Gasteiger partial charge in [0.1, 0.15) is 11.8 Å². The van der Waals surface area contributed by atoms with Crippen molar-refractivity contribution < 1.29 is 14.1 Å². The van der Waals surface area contributed by atoms with Gasteiger partial charge in [0, 0.05) is 30.2 Å². The van der Waals surface area contributed by atoms with E-state index >= 15 is 0 Å². The minimum atomic E-state index is -0.520. The van der Waals surface area contributed by atoms with E-state index in [9.17, 15) is 9.59 Å². The molecule has 1 fully saturated rings. The number of carbonyl (C=O) groups is 2. The lowest BCUT2D eigenvalue weighted by atomic mass is 10.1. The fourth-order valence-electron chi connectivity index (χ4n) is 3.96. The lowest BCUT2D eigenvalue weighted by molar-refractivity contribution is -0.130. The fraction of sp³-hybridized carbons (Fsp3) is 0.364. The van der Waals surface area contributed by atoms with Crippen molar-refractivity contribution in [1.29, 1.82) is 0 Å². The molecular formula is C22H24BrN5O3. The molecule has 3 aromatic rings. The second-order valence-corrected chi connectivity index (χ2v) is 8.37. The summed E-state index contributed by atoms with van der Waals surface area (Å²) in [5, 5.41) is 9.23. The van der Waals surface area contributed by atoms with Crippen LogP contribution in [0.4, 0.5) is 5.69 Å². The molecule has 0 spiro atoms. The van der Waals surface area contributed by atoms with Crippen molar-refractivity contribution in [2.75, 3.05) is 18.1 Å². The zero-order valence-corrected chi connectivity index (χ0v) is 19.1. The van der Waals surface area contributed by atoms with Crippen LogP contribution in [0.15, 0.2) is 41.2 Å². The zero-order chi connectivity index (χ0) is 22.0. The number of halogens is 1. The SMILES string of the molecule is Cc1noc(C)c1Cn1cc(N2CN(Cc3cccc(CBr)c3)CC2C(=O)C=O)cn1. The van der Waals surface area contributed by atoms with Gasteiger partial charge in [0.05, 0.1) is 30.8 Å². The van der Waals surface area contributed by atoms with Crippen LogP contribution in [0, 0.1) is 13.8 Å². The van der Waals surface area contributed by atoms with Gasteiger partial charge in [0.25, 0.3) is 0 Å². The summed E-state index contributed by atoms with van der Waals surface area (Å²) in [6, 6.07) is 7.81. The third kappa shape index (κ3) is 4.62. The molecule has 0 aliphatic carbocycles. The molecule has 1 aromatic carbocycles. The molecule has 1 saturated heterocycles. The molecular weight excluding hydrogens is 462 g/mol. The van der Waals surface area contributed by atoms with E-state index in [0.717, 1.165) is 28.0 Å². The van der Waals surface area contributed by atoms with Gasteiger partial charge in [-0.1, -0.05) is 45.4 Å². The molecule has 1 unspecified atom stereocenters. The molecule has 4 rings (SSSR count). The number of hydrogen-bond donors (Lipinski definition) is 0. The van der Waals surface area contributed by atoms with Crippen LogP contribution in [0.1, 0.15) is 28.1 Å². The van der Waals surface area contributed by atoms with Gasteiger partial charge in [-0.2, -0.15) is 5.10 Å². The first-order valence-corrected chi connectivity index (χ1v) is 11.2. The predicted octanol–water partition coefficient (Wildman–Crippen LogP) is 2.85. The highest BCUT2D eigenvalue weighted by Crippen LogP contribution is 2.25. The normalized spacial score (nSPS) is 16.7. The number of anilines is 1. The summed E-state index contributed by atoms with van der Waals surface area (Å²) >= 11 is 3.49. The van der Waals surface area contributed by atoms with Gasteiger partial charge >= 0.3 is 0 Å². The highest BCUT2D eigenvalue weighted by Gasteiger charge is 2.36. The second-order valence-electron chi connectivity index (χ2n) is 7.81. The molecule has 3 heterocycles. The number of rotatable bonds is 8. The van der Waals surface area contributed by atoms with E-state index in [1.807, 2.05) is 31.0 Å². The molecule has 0 N–H and O–H groups in total. The van der Waals surface area contributed by atoms with Crippen LogP contribution in [-0.2, 0) is 28.0 Å². The maximum Gasteiger partial charge on any atom is 0.218 e. The lowest BCUT2D eigenvalue weighted by Crippen LogP contribution is -2.38. The Balaban J connectivity index is 1.52. The van der Waals surface area contributed by atoms with Gasteiger partial charge in [-0.3, -0.25) is 19.2 Å². The van der Waals surface area contributed by atoms with E-state index in [1.165, 1.54) is 11.1 Å². The number of aldehydes is 1. The number of aromatic nitrogens is 3. The molecule has 1 atom stereocenters. The van der Waals surface area contributed by atoms with Crippen LogP contribution in [0.3, 0.4) is 0 Å². The molecule has 9 heteroatoms. The maximum atomic E-state index is 12.4. The van der Waals surface area contributed by atoms with Gasteiger partial charge in [0.2, 0.25) is 5.78 Å². The highest BCUT2D eigenvalue weighted by molar-refractivity contribution is 9.08. The van der Waals surface area contributed by atoms with Gasteiger partial charge in [-0.15, -0.1) is 0 Å². The standard InChI is InChI=1S/C22H24BrN5O3/c1-15-20(16(2)31-25-15)11-27-10-19(8-24-27)28-14-26(12-21(28)22(30)13-29)9-18-5-3-4-17(6-18)7-23/h3-6,8,10,13,21H,7,9,11-12,14H2,1-2H3. The van der Waals surface area contributed by atoms with Gasteiger partial charge in [0.15, 0.2) is 6.29 Å². The molecule has 2 aromatic heterocycles. The Kier molecular flexibility index (Phi) is 6.33. The Morgan fingerprint density at radius 2 is 2.10 bits per heavy atom. The van der Waals surface area contributed by atoms with Crippen molar-refractivity contribution in [3.05, 3.63) is 64.8 Å². The van der Waals surface area contributed by atoms with E-state index in [0.29, 0.717) is 32.6 Å². The Bertz CT molecular complexity index is 1070. The van der Waals surface area contributed by atoms with Crippen LogP contribution in [0.25, 0.3) is 0 Å². The number of nitrogens with zero attached hydrogens (tertiary/aromatic N) is 5. The van der Waals surface area contributed by atoms with E-state index in [4.69, 9.17) is 4.52 Å². The van der Waals surface area contributed by atoms with Crippen molar-refractivity contribution in [3.63, 3.8) is 0 Å². The molecule has 0 amide bonds. The molecule has 1 aliphatic heterocycles. The Morgan fingerprint density at radius 3 is 2.81 bits per heavy atom. The average molecular weight is 486 g/mol. The van der Waals surface area contributed by atoms with Crippen molar-refractivity contribution in [2.45, 2.75) is 38.3 Å². The molecule has 8 nitrogen and oxygen atoms in total. The molecule has 31 heavy (non-hydrogen) atoms. The first-order chi connectivity index (χ1) is 15.0. The smallest absolute Gasteiger partial charge is 0.218 e. The maximum absolute atomic E-state index is 12.4. The lowest BCUT2D eigenvalue weighted by Gasteiger charge is -2.21. The predicted molar refractivity (Wildman–Crippen MR) is 119 cm³/mol. The van der Waals surface area contributed by atoms with Crippen molar-refractivity contribution >= 4 is 33.7 Å². The summed E-state index contributed by atoms with van der Waals surface area (Å²) in [7, 11) is 0. The van der Waals surface area contributed by atoms with Crippen LogP contribution >= 0.6 is 15.9 Å². The minimum Gasteiger partial charge on any atom is -0.361 e. The third-order valence-electron chi connectivity index (χ3n) is 5.61. The van der Waals surface area contributed by atoms with Crippen molar-refractivity contribution in [1.82, 2.24) is 19.8 Å². The number of benzene rings is 1. The number of aryl methyl sites for hydroxylation is 2. The second kappa shape index (κ2) is 9.15. The number of alkyl halides is 1. The van der Waals surface area contributed by atoms with E-state index in [1.54, 1.807) is 10.9 Å². The summed E-state index contributed by atoms with van der Waals surface area (Å²) in [6.45, 7) is 6.04. The summed E-state index contributed by atoms with van der Waals surface area (Å²) in [5.74, 6) is 0.344. The van der Waals surface area contributed by atoms with Crippen molar-refractivity contribution in [2.24, 2.45) is 0 Å². The fourth-order valence-corrected chi connectivity index (χ4v) is 4.31. The molecule has 0 saturated carbocycles. The summed E-state index contributed by atoms with van der Waals surface area (Å²) in [5.41, 5.74) is 5.01. The van der Waals surface area contributed by atoms with Crippen LogP contribution in [0.2, 0.25) is 0 Å². The van der Waals surface area contributed by atoms with E-state index in [-0.39, 0.29) is 0 Å². The van der Waals surface area contributed by atoms with E-state index in [2.05, 4.69) is 49.3 Å². The largest absolute Gasteiger partial charge is 0.361 e. The van der Waals surface area contributed by atoms with Crippen LogP contribution in [0.5, 0.6) is 0 Å². The molecule has 1 aliphatic rings. The summed E-state index contributed by atoms with van der Waals surface area (Å²) in [4.78, 5) is 27.7. The molecule has 162 valence electrons. The number of Topliss-reactive ketones (excluding diaryl/α,β-unsaturated/α-hetero) is 1. The van der Waals surface area contributed by atoms with Crippen LogP contribution < -0.4 is 4.90 Å². The third-order valence-corrected chi connectivity index (χ3v) is 6.26.